The van der Waals surface area contributed by atoms with Crippen molar-refractivity contribution in [2.45, 2.75) is 6.92 Å². The first-order chi connectivity index (χ1) is 15.5. The number of carbonyl (C=O) groups excluding carboxylic acids is 2. The summed E-state index contributed by atoms with van der Waals surface area (Å²) in [5.41, 5.74) is 2.16. The van der Waals surface area contributed by atoms with Crippen molar-refractivity contribution in [1.29, 1.82) is 0 Å². The van der Waals surface area contributed by atoms with Gasteiger partial charge in [-0.2, -0.15) is 0 Å². The predicted molar refractivity (Wildman–Crippen MR) is 127 cm³/mol. The van der Waals surface area contributed by atoms with E-state index in [0.29, 0.717) is 24.7 Å². The molecule has 0 heterocycles. The van der Waals surface area contributed by atoms with Crippen LogP contribution >= 0.6 is 0 Å². The Bertz CT molecular complexity index is 1020. The third-order valence-corrected chi connectivity index (χ3v) is 4.69. The molecule has 0 aliphatic heterocycles. The fourth-order valence-corrected chi connectivity index (χ4v) is 2.89. The van der Waals surface area contributed by atoms with Gasteiger partial charge in [-0.15, -0.1) is 0 Å². The number of ether oxygens (including phenoxy) is 2. The topological polar surface area (TPSA) is 79.9 Å². The lowest BCUT2D eigenvalue weighted by molar-refractivity contribution is -0.116. The Kier molecular flexibility index (Phi) is 8.09. The maximum atomic E-state index is 12.4. The summed E-state index contributed by atoms with van der Waals surface area (Å²) in [6, 6.07) is 24.1. The summed E-state index contributed by atoms with van der Waals surface area (Å²) >= 11 is 0. The summed E-state index contributed by atoms with van der Waals surface area (Å²) in [5.74, 6) is 1.11. The van der Waals surface area contributed by atoms with Crippen LogP contribution in [0.4, 0.5) is 17.1 Å². The van der Waals surface area contributed by atoms with E-state index in [4.69, 9.17) is 9.47 Å². The second-order valence-electron chi connectivity index (χ2n) is 7.03. The lowest BCUT2D eigenvalue weighted by atomic mass is 10.2. The van der Waals surface area contributed by atoms with Gasteiger partial charge in [0.1, 0.15) is 24.7 Å². The first-order valence-corrected chi connectivity index (χ1v) is 10.3. The zero-order valence-corrected chi connectivity index (χ0v) is 18.2. The Morgan fingerprint density at radius 3 is 2.22 bits per heavy atom. The smallest absolute Gasteiger partial charge is 0.243 e. The SMILES string of the molecule is CC(=O)N(C)c1ccc(NCC(=O)Nc2ccccc2OCCOc2ccccc2)cc1. The molecule has 0 aliphatic carbocycles. The van der Waals surface area contributed by atoms with E-state index in [-0.39, 0.29) is 18.4 Å². The van der Waals surface area contributed by atoms with Crippen LogP contribution in [0.2, 0.25) is 0 Å². The van der Waals surface area contributed by atoms with E-state index in [1.807, 2.05) is 66.7 Å². The molecule has 0 unspecified atom stereocenters. The molecule has 3 aromatic carbocycles. The van der Waals surface area contributed by atoms with Crippen molar-refractivity contribution >= 4 is 28.9 Å². The number of amides is 2. The Balaban J connectivity index is 1.47. The molecular weight excluding hydrogens is 406 g/mol. The summed E-state index contributed by atoms with van der Waals surface area (Å²) in [6.45, 7) is 2.34. The molecule has 0 aliphatic rings. The molecule has 2 N–H and O–H groups in total. The van der Waals surface area contributed by atoms with E-state index in [2.05, 4.69) is 10.6 Å². The molecule has 0 bridgehead atoms. The molecule has 7 heteroatoms. The van der Waals surface area contributed by atoms with Crippen LogP contribution in [0.25, 0.3) is 0 Å². The van der Waals surface area contributed by atoms with Crippen molar-refractivity contribution in [3.05, 3.63) is 78.9 Å². The van der Waals surface area contributed by atoms with Gasteiger partial charge >= 0.3 is 0 Å². The molecule has 0 fully saturated rings. The van der Waals surface area contributed by atoms with Crippen LogP contribution in [-0.2, 0) is 9.59 Å². The maximum absolute atomic E-state index is 12.4. The summed E-state index contributed by atoms with van der Waals surface area (Å²) in [5, 5.41) is 5.94. The molecule has 0 spiro atoms. The fourth-order valence-electron chi connectivity index (χ4n) is 2.89. The van der Waals surface area contributed by atoms with Crippen molar-refractivity contribution in [2.24, 2.45) is 0 Å². The number of benzene rings is 3. The van der Waals surface area contributed by atoms with Crippen LogP contribution in [0, 0.1) is 0 Å². The lowest BCUT2D eigenvalue weighted by Gasteiger charge is -2.16. The van der Waals surface area contributed by atoms with E-state index in [1.165, 1.54) is 6.92 Å². The minimum Gasteiger partial charge on any atom is -0.490 e. The van der Waals surface area contributed by atoms with Crippen molar-refractivity contribution < 1.29 is 19.1 Å². The van der Waals surface area contributed by atoms with Gasteiger partial charge in [0, 0.05) is 25.3 Å². The third-order valence-electron chi connectivity index (χ3n) is 4.69. The van der Waals surface area contributed by atoms with Crippen molar-refractivity contribution in [1.82, 2.24) is 0 Å². The molecule has 0 saturated heterocycles. The van der Waals surface area contributed by atoms with Gasteiger partial charge in [0.25, 0.3) is 0 Å². The maximum Gasteiger partial charge on any atom is 0.243 e. The van der Waals surface area contributed by atoms with E-state index in [0.717, 1.165) is 17.1 Å². The lowest BCUT2D eigenvalue weighted by Crippen LogP contribution is -2.23. The molecule has 2 amide bonds. The standard InChI is InChI=1S/C25H27N3O4/c1-19(29)28(2)21-14-12-20(13-15-21)26-18-25(30)27-23-10-6-7-11-24(23)32-17-16-31-22-8-4-3-5-9-22/h3-15,26H,16-18H2,1-2H3,(H,27,30). The molecular formula is C25H27N3O4. The van der Waals surface area contributed by atoms with Crippen molar-refractivity contribution in [3.8, 4) is 11.5 Å². The Morgan fingerprint density at radius 1 is 0.844 bits per heavy atom. The van der Waals surface area contributed by atoms with Crippen LogP contribution in [0.3, 0.4) is 0 Å². The van der Waals surface area contributed by atoms with Crippen molar-refractivity contribution in [2.75, 3.05) is 42.3 Å². The average Bonchev–Trinajstić information content (AvgIpc) is 2.82. The third kappa shape index (κ3) is 6.77. The molecule has 3 aromatic rings. The van der Waals surface area contributed by atoms with Gasteiger partial charge < -0.3 is 25.0 Å². The zero-order valence-electron chi connectivity index (χ0n) is 18.2. The number of anilines is 3. The predicted octanol–water partition coefficient (Wildman–Crippen LogP) is 4.18. The number of carbonyl (C=O) groups is 2. The van der Waals surface area contributed by atoms with Gasteiger partial charge in [0.15, 0.2) is 0 Å². The first-order valence-electron chi connectivity index (χ1n) is 10.3. The van der Waals surface area contributed by atoms with Gasteiger partial charge in [-0.1, -0.05) is 30.3 Å². The average molecular weight is 434 g/mol. The highest BCUT2D eigenvalue weighted by Gasteiger charge is 2.09. The molecule has 166 valence electrons. The van der Waals surface area contributed by atoms with Crippen molar-refractivity contribution in [3.63, 3.8) is 0 Å². The van der Waals surface area contributed by atoms with Crippen LogP contribution in [0.1, 0.15) is 6.92 Å². The van der Waals surface area contributed by atoms with Gasteiger partial charge in [0.2, 0.25) is 11.8 Å². The quantitative estimate of drug-likeness (QED) is 0.469. The van der Waals surface area contributed by atoms with Crippen LogP contribution in [0.5, 0.6) is 11.5 Å². The van der Waals surface area contributed by atoms with Gasteiger partial charge in [-0.3, -0.25) is 9.59 Å². The zero-order chi connectivity index (χ0) is 22.8. The highest BCUT2D eigenvalue weighted by molar-refractivity contribution is 5.95. The van der Waals surface area contributed by atoms with Gasteiger partial charge in [-0.05, 0) is 48.5 Å². The van der Waals surface area contributed by atoms with E-state index >= 15 is 0 Å². The Labute approximate surface area is 188 Å². The minimum absolute atomic E-state index is 0.0439. The first kappa shape index (κ1) is 22.7. The summed E-state index contributed by atoms with van der Waals surface area (Å²) < 4.78 is 11.4. The monoisotopic (exact) mass is 433 g/mol. The molecule has 0 saturated carbocycles. The number of rotatable bonds is 10. The highest BCUT2D eigenvalue weighted by atomic mass is 16.5. The Morgan fingerprint density at radius 2 is 1.50 bits per heavy atom. The largest absolute Gasteiger partial charge is 0.490 e. The molecule has 7 nitrogen and oxygen atoms in total. The second kappa shape index (κ2) is 11.4. The van der Waals surface area contributed by atoms with Gasteiger partial charge in [-0.25, -0.2) is 0 Å². The normalized spacial score (nSPS) is 10.2. The van der Waals surface area contributed by atoms with Gasteiger partial charge in [0.05, 0.1) is 12.2 Å². The van der Waals surface area contributed by atoms with E-state index < -0.39 is 0 Å². The van der Waals surface area contributed by atoms with E-state index in [9.17, 15) is 9.59 Å². The van der Waals surface area contributed by atoms with Crippen LogP contribution < -0.4 is 25.0 Å². The molecule has 0 radical (unpaired) electrons. The number of hydrogen-bond donors (Lipinski definition) is 2. The second-order valence-corrected chi connectivity index (χ2v) is 7.03. The molecule has 0 atom stereocenters. The minimum atomic E-state index is -0.202. The summed E-state index contributed by atoms with van der Waals surface area (Å²) in [4.78, 5) is 25.4. The number of para-hydroxylation sites is 3. The number of nitrogens with zero attached hydrogens (tertiary/aromatic N) is 1. The molecule has 3 rings (SSSR count). The highest BCUT2D eigenvalue weighted by Crippen LogP contribution is 2.24. The van der Waals surface area contributed by atoms with Crippen LogP contribution in [-0.4, -0.2) is 38.6 Å². The van der Waals surface area contributed by atoms with Crippen LogP contribution in [0.15, 0.2) is 78.9 Å². The molecule has 0 aromatic heterocycles. The number of hydrogen-bond acceptors (Lipinski definition) is 5. The number of nitrogens with one attached hydrogen (secondary N) is 2. The summed E-state index contributed by atoms with van der Waals surface area (Å²) in [6.07, 6.45) is 0. The Hall–Kier alpha value is -4.00. The fraction of sp³-hybridized carbons (Fsp3) is 0.200. The molecule has 32 heavy (non-hydrogen) atoms. The summed E-state index contributed by atoms with van der Waals surface area (Å²) in [7, 11) is 1.71. The van der Waals surface area contributed by atoms with E-state index in [1.54, 1.807) is 24.1 Å².